The monoisotopic (exact) mass is 223 g/mol. The fourth-order valence-electron chi connectivity index (χ4n) is 1.32. The van der Waals surface area contributed by atoms with Crippen LogP contribution in [0, 0.1) is 5.82 Å². The second kappa shape index (κ2) is 6.28. The Hall–Kier alpha value is -1.35. The van der Waals surface area contributed by atoms with E-state index in [1.165, 1.54) is 17.7 Å². The van der Waals surface area contributed by atoms with Crippen molar-refractivity contribution in [1.82, 2.24) is 5.32 Å². The Bertz CT molecular complexity index is 370. The minimum atomic E-state index is -0.236. The summed E-state index contributed by atoms with van der Waals surface area (Å²) in [6.45, 7) is 5.15. The summed E-state index contributed by atoms with van der Waals surface area (Å²) in [5.74, 6) is 0.494. The summed E-state index contributed by atoms with van der Waals surface area (Å²) in [7, 11) is 1.82. The van der Waals surface area contributed by atoms with Crippen molar-refractivity contribution >= 4 is 0 Å². The zero-order chi connectivity index (χ0) is 12.0. The molecule has 1 aromatic carbocycles. The van der Waals surface area contributed by atoms with Gasteiger partial charge in [-0.05, 0) is 45.2 Å². The van der Waals surface area contributed by atoms with Crippen LogP contribution in [0.2, 0.25) is 0 Å². The summed E-state index contributed by atoms with van der Waals surface area (Å²) in [6.07, 6.45) is 1.99. The molecule has 0 radical (unpaired) electrons. The molecule has 0 bridgehead atoms. The molecule has 16 heavy (non-hydrogen) atoms. The maximum atomic E-state index is 13.0. The molecular weight excluding hydrogens is 205 g/mol. The third-order valence-electron chi connectivity index (χ3n) is 2.12. The van der Waals surface area contributed by atoms with Crippen LogP contribution < -0.4 is 10.1 Å². The first-order valence-electron chi connectivity index (χ1n) is 5.32. The van der Waals surface area contributed by atoms with Gasteiger partial charge in [-0.15, -0.1) is 0 Å². The number of nitrogens with one attached hydrogen (secondary N) is 1. The molecule has 0 saturated carbocycles. The van der Waals surface area contributed by atoms with Crippen molar-refractivity contribution in [3.63, 3.8) is 0 Å². The Balaban J connectivity index is 2.74. The molecule has 88 valence electrons. The van der Waals surface area contributed by atoms with Crippen LogP contribution in [0.3, 0.4) is 0 Å². The topological polar surface area (TPSA) is 21.3 Å². The number of ether oxygens (including phenoxy) is 1. The van der Waals surface area contributed by atoms with Crippen LogP contribution in [0.5, 0.6) is 5.75 Å². The standard InChI is InChI=1S/C13H18FNO/c1-10(2)6-7-16-13-5-4-12(14)8-11(13)9-15-3/h4-6,8,15H,7,9H2,1-3H3. The summed E-state index contributed by atoms with van der Waals surface area (Å²) in [5, 5.41) is 2.99. The quantitative estimate of drug-likeness (QED) is 0.775. The molecule has 1 rings (SSSR count). The van der Waals surface area contributed by atoms with Crippen LogP contribution in [0.4, 0.5) is 4.39 Å². The number of hydrogen-bond donors (Lipinski definition) is 1. The minimum absolute atomic E-state index is 0.236. The van der Waals surface area contributed by atoms with E-state index in [-0.39, 0.29) is 5.82 Å². The van der Waals surface area contributed by atoms with E-state index in [4.69, 9.17) is 4.74 Å². The summed E-state index contributed by atoms with van der Waals surface area (Å²) < 4.78 is 18.6. The lowest BCUT2D eigenvalue weighted by atomic mass is 10.2. The highest BCUT2D eigenvalue weighted by Crippen LogP contribution is 2.19. The second-order valence-electron chi connectivity index (χ2n) is 3.87. The molecule has 0 aliphatic carbocycles. The van der Waals surface area contributed by atoms with Crippen molar-refractivity contribution < 1.29 is 9.13 Å². The van der Waals surface area contributed by atoms with Gasteiger partial charge in [-0.2, -0.15) is 0 Å². The predicted molar refractivity (Wildman–Crippen MR) is 64.1 cm³/mol. The van der Waals surface area contributed by atoms with E-state index < -0.39 is 0 Å². The van der Waals surface area contributed by atoms with Crippen LogP contribution in [-0.4, -0.2) is 13.7 Å². The summed E-state index contributed by atoms with van der Waals surface area (Å²) in [5.41, 5.74) is 2.04. The maximum absolute atomic E-state index is 13.0. The predicted octanol–water partition coefficient (Wildman–Crippen LogP) is 2.89. The zero-order valence-electron chi connectivity index (χ0n) is 10.0. The van der Waals surface area contributed by atoms with Gasteiger partial charge in [0.15, 0.2) is 0 Å². The average molecular weight is 223 g/mol. The van der Waals surface area contributed by atoms with E-state index in [0.717, 1.165) is 11.3 Å². The molecule has 2 nitrogen and oxygen atoms in total. The largest absolute Gasteiger partial charge is 0.489 e. The Labute approximate surface area is 96.1 Å². The van der Waals surface area contributed by atoms with Crippen molar-refractivity contribution in [3.8, 4) is 5.75 Å². The number of rotatable bonds is 5. The molecule has 0 saturated heterocycles. The van der Waals surface area contributed by atoms with Gasteiger partial charge in [-0.25, -0.2) is 4.39 Å². The van der Waals surface area contributed by atoms with Crippen LogP contribution in [0.25, 0.3) is 0 Å². The Morgan fingerprint density at radius 1 is 1.44 bits per heavy atom. The van der Waals surface area contributed by atoms with Gasteiger partial charge in [0.05, 0.1) is 0 Å². The van der Waals surface area contributed by atoms with Gasteiger partial charge < -0.3 is 10.1 Å². The van der Waals surface area contributed by atoms with Crippen molar-refractivity contribution in [2.75, 3.05) is 13.7 Å². The van der Waals surface area contributed by atoms with Crippen molar-refractivity contribution in [2.45, 2.75) is 20.4 Å². The van der Waals surface area contributed by atoms with Crippen molar-refractivity contribution in [2.24, 2.45) is 0 Å². The lowest BCUT2D eigenvalue weighted by Gasteiger charge is -2.10. The van der Waals surface area contributed by atoms with E-state index in [1.54, 1.807) is 6.07 Å². The molecule has 0 heterocycles. The van der Waals surface area contributed by atoms with E-state index in [2.05, 4.69) is 5.32 Å². The van der Waals surface area contributed by atoms with Crippen LogP contribution in [0.1, 0.15) is 19.4 Å². The first kappa shape index (κ1) is 12.7. The van der Waals surface area contributed by atoms with Gasteiger partial charge >= 0.3 is 0 Å². The molecule has 0 spiro atoms. The van der Waals surface area contributed by atoms with Gasteiger partial charge in [0.1, 0.15) is 18.2 Å². The van der Waals surface area contributed by atoms with Gasteiger partial charge in [0, 0.05) is 12.1 Å². The van der Waals surface area contributed by atoms with E-state index in [9.17, 15) is 4.39 Å². The summed E-state index contributed by atoms with van der Waals surface area (Å²) in [6, 6.07) is 4.58. The maximum Gasteiger partial charge on any atom is 0.124 e. The summed E-state index contributed by atoms with van der Waals surface area (Å²) in [4.78, 5) is 0. The number of benzene rings is 1. The molecular formula is C13H18FNO. The molecule has 1 aromatic rings. The third kappa shape index (κ3) is 4.03. The van der Waals surface area contributed by atoms with Gasteiger partial charge in [-0.1, -0.05) is 5.57 Å². The molecule has 0 aromatic heterocycles. The van der Waals surface area contributed by atoms with Crippen LogP contribution >= 0.6 is 0 Å². The summed E-state index contributed by atoms with van der Waals surface area (Å²) >= 11 is 0. The zero-order valence-corrected chi connectivity index (χ0v) is 10.0. The van der Waals surface area contributed by atoms with E-state index in [0.29, 0.717) is 13.2 Å². The molecule has 0 atom stereocenters. The molecule has 0 amide bonds. The number of hydrogen-bond acceptors (Lipinski definition) is 2. The molecule has 0 unspecified atom stereocenters. The van der Waals surface area contributed by atoms with Crippen LogP contribution in [-0.2, 0) is 6.54 Å². The van der Waals surface area contributed by atoms with Gasteiger partial charge in [-0.3, -0.25) is 0 Å². The van der Waals surface area contributed by atoms with Gasteiger partial charge in [0.2, 0.25) is 0 Å². The van der Waals surface area contributed by atoms with Crippen molar-refractivity contribution in [3.05, 3.63) is 41.2 Å². The van der Waals surface area contributed by atoms with E-state index >= 15 is 0 Å². The van der Waals surface area contributed by atoms with Gasteiger partial charge in [0.25, 0.3) is 0 Å². The second-order valence-corrected chi connectivity index (χ2v) is 3.87. The van der Waals surface area contributed by atoms with Crippen molar-refractivity contribution in [1.29, 1.82) is 0 Å². The first-order chi connectivity index (χ1) is 7.63. The Kier molecular flexibility index (Phi) is 4.99. The fraction of sp³-hybridized carbons (Fsp3) is 0.385. The lowest BCUT2D eigenvalue weighted by Crippen LogP contribution is -2.08. The average Bonchev–Trinajstić information content (AvgIpc) is 2.21. The SMILES string of the molecule is CNCc1cc(F)ccc1OCC=C(C)C. The molecule has 3 heteroatoms. The highest BCUT2D eigenvalue weighted by Gasteiger charge is 2.03. The van der Waals surface area contributed by atoms with Crippen LogP contribution in [0.15, 0.2) is 29.8 Å². The molecule has 0 aliphatic rings. The Morgan fingerprint density at radius 3 is 2.81 bits per heavy atom. The number of allylic oxidation sites excluding steroid dienone is 1. The molecule has 0 aliphatic heterocycles. The Morgan fingerprint density at radius 2 is 2.19 bits per heavy atom. The third-order valence-corrected chi connectivity index (χ3v) is 2.12. The normalized spacial score (nSPS) is 10.0. The van der Waals surface area contributed by atoms with E-state index in [1.807, 2.05) is 27.0 Å². The fourth-order valence-corrected chi connectivity index (χ4v) is 1.32. The minimum Gasteiger partial charge on any atom is -0.489 e. The number of halogens is 1. The molecule has 0 fully saturated rings. The molecule has 1 N–H and O–H groups in total. The highest BCUT2D eigenvalue weighted by atomic mass is 19.1. The first-order valence-corrected chi connectivity index (χ1v) is 5.32. The smallest absolute Gasteiger partial charge is 0.124 e. The lowest BCUT2D eigenvalue weighted by molar-refractivity contribution is 0.356. The highest BCUT2D eigenvalue weighted by molar-refractivity contribution is 5.34.